The van der Waals surface area contributed by atoms with Crippen LogP contribution in [0.25, 0.3) is 0 Å². The van der Waals surface area contributed by atoms with Crippen LogP contribution < -0.4 is 10.6 Å². The highest BCUT2D eigenvalue weighted by Crippen LogP contribution is 2.42. The van der Waals surface area contributed by atoms with E-state index in [1.54, 1.807) is 0 Å². The maximum absolute atomic E-state index is 13.3. The first-order chi connectivity index (χ1) is 16.9. The van der Waals surface area contributed by atoms with E-state index in [1.165, 1.54) is 18.4 Å². The van der Waals surface area contributed by atoms with Crippen LogP contribution in [-0.4, -0.2) is 41.4 Å². The zero-order valence-corrected chi connectivity index (χ0v) is 21.5. The number of benzene rings is 2. The van der Waals surface area contributed by atoms with E-state index in [4.69, 9.17) is 23.2 Å². The van der Waals surface area contributed by atoms with Crippen molar-refractivity contribution in [2.24, 2.45) is 0 Å². The summed E-state index contributed by atoms with van der Waals surface area (Å²) in [5, 5.41) is 7.57. The third-order valence-corrected chi connectivity index (χ3v) is 8.73. The van der Waals surface area contributed by atoms with Crippen molar-refractivity contribution < 1.29 is 9.59 Å². The van der Waals surface area contributed by atoms with E-state index in [0.29, 0.717) is 17.1 Å². The molecule has 0 radical (unpaired) electrons. The van der Waals surface area contributed by atoms with Gasteiger partial charge in [-0.15, -0.1) is 0 Å². The summed E-state index contributed by atoms with van der Waals surface area (Å²) in [5.74, 6) is -0.150. The predicted octanol–water partition coefficient (Wildman–Crippen LogP) is 5.23. The van der Waals surface area contributed by atoms with E-state index in [-0.39, 0.29) is 24.4 Å². The molecule has 35 heavy (non-hydrogen) atoms. The summed E-state index contributed by atoms with van der Waals surface area (Å²) in [4.78, 5) is 28.6. The van der Waals surface area contributed by atoms with E-state index in [9.17, 15) is 9.59 Å². The summed E-state index contributed by atoms with van der Waals surface area (Å²) < 4.78 is 0. The summed E-state index contributed by atoms with van der Waals surface area (Å²) in [6.45, 7) is 0.949. The molecular weight excluding hydrogens is 481 g/mol. The van der Waals surface area contributed by atoms with Crippen LogP contribution in [0.4, 0.5) is 0 Å². The van der Waals surface area contributed by atoms with Crippen LogP contribution in [0.1, 0.15) is 62.5 Å². The van der Waals surface area contributed by atoms with Crippen LogP contribution in [-0.2, 0) is 21.5 Å². The number of rotatable bonds is 7. The van der Waals surface area contributed by atoms with Crippen LogP contribution >= 0.6 is 23.2 Å². The van der Waals surface area contributed by atoms with Crippen molar-refractivity contribution in [3.8, 4) is 0 Å². The quantitative estimate of drug-likeness (QED) is 0.532. The normalized spacial score (nSPS) is 25.4. The molecule has 2 unspecified atom stereocenters. The number of nitrogens with zero attached hydrogens (tertiary/aromatic N) is 1. The lowest BCUT2D eigenvalue weighted by Crippen LogP contribution is -2.52. The SMILES string of the molecule is O=C(CNC(=O)C1(c2ccc(Cl)cc2)CCCC1)NC1CC2CCC(C1)N2Cc1ccc(Cl)cc1. The van der Waals surface area contributed by atoms with Gasteiger partial charge in [0.25, 0.3) is 0 Å². The number of piperidine rings is 1. The maximum atomic E-state index is 13.3. The van der Waals surface area contributed by atoms with Gasteiger partial charge in [-0.05, 0) is 73.9 Å². The molecule has 2 aromatic rings. The number of carbonyl (C=O) groups is 2. The molecule has 5 rings (SSSR count). The van der Waals surface area contributed by atoms with Crippen LogP contribution in [0.5, 0.6) is 0 Å². The molecule has 2 aliphatic heterocycles. The molecule has 2 N–H and O–H groups in total. The summed E-state index contributed by atoms with van der Waals surface area (Å²) in [6.07, 6.45) is 7.89. The number of nitrogens with one attached hydrogen (secondary N) is 2. The monoisotopic (exact) mass is 513 g/mol. The topological polar surface area (TPSA) is 61.4 Å². The van der Waals surface area contributed by atoms with Gasteiger partial charge in [-0.25, -0.2) is 0 Å². The van der Waals surface area contributed by atoms with Crippen molar-refractivity contribution in [3.05, 3.63) is 69.7 Å². The van der Waals surface area contributed by atoms with Crippen LogP contribution in [0.3, 0.4) is 0 Å². The van der Waals surface area contributed by atoms with E-state index in [2.05, 4.69) is 27.7 Å². The first kappa shape index (κ1) is 24.6. The van der Waals surface area contributed by atoms with Gasteiger partial charge in [0.15, 0.2) is 0 Å². The Balaban J connectivity index is 1.14. The molecule has 7 heteroatoms. The highest BCUT2D eigenvalue weighted by Gasteiger charge is 2.43. The van der Waals surface area contributed by atoms with Gasteiger partial charge in [-0.1, -0.05) is 60.3 Å². The lowest BCUT2D eigenvalue weighted by atomic mass is 9.78. The van der Waals surface area contributed by atoms with E-state index in [1.807, 2.05) is 36.4 Å². The highest BCUT2D eigenvalue weighted by atomic mass is 35.5. The molecule has 2 heterocycles. The Labute approximate surface area is 217 Å². The van der Waals surface area contributed by atoms with Gasteiger partial charge in [-0.3, -0.25) is 14.5 Å². The van der Waals surface area contributed by atoms with Gasteiger partial charge in [0.2, 0.25) is 11.8 Å². The fraction of sp³-hybridized carbons (Fsp3) is 0.500. The summed E-state index contributed by atoms with van der Waals surface area (Å²) >= 11 is 12.1. The minimum atomic E-state index is -0.559. The molecule has 0 spiro atoms. The largest absolute Gasteiger partial charge is 0.352 e. The Morgan fingerprint density at radius 3 is 2.06 bits per heavy atom. The summed E-state index contributed by atoms with van der Waals surface area (Å²) in [7, 11) is 0. The molecule has 2 aromatic carbocycles. The van der Waals surface area contributed by atoms with Crippen molar-refractivity contribution >= 4 is 35.0 Å². The molecule has 186 valence electrons. The van der Waals surface area contributed by atoms with Gasteiger partial charge < -0.3 is 10.6 Å². The lowest BCUT2D eigenvalue weighted by Gasteiger charge is -2.39. The fourth-order valence-corrected chi connectivity index (χ4v) is 6.71. The van der Waals surface area contributed by atoms with Gasteiger partial charge in [0.05, 0.1) is 12.0 Å². The smallest absolute Gasteiger partial charge is 0.239 e. The number of carbonyl (C=O) groups excluding carboxylic acids is 2. The molecule has 1 saturated carbocycles. The minimum Gasteiger partial charge on any atom is -0.352 e. The Kier molecular flexibility index (Phi) is 7.38. The molecule has 5 nitrogen and oxygen atoms in total. The molecule has 0 aromatic heterocycles. The molecule has 2 bridgehead atoms. The van der Waals surface area contributed by atoms with Crippen molar-refractivity contribution in [3.63, 3.8) is 0 Å². The third kappa shape index (κ3) is 5.37. The van der Waals surface area contributed by atoms with Gasteiger partial charge in [-0.2, -0.15) is 0 Å². The average Bonchev–Trinajstić information content (AvgIpc) is 3.43. The first-order valence-corrected chi connectivity index (χ1v) is 13.5. The van der Waals surface area contributed by atoms with Crippen molar-refractivity contribution in [2.45, 2.75) is 81.5 Å². The van der Waals surface area contributed by atoms with E-state index in [0.717, 1.165) is 55.7 Å². The number of amides is 2. The first-order valence-electron chi connectivity index (χ1n) is 12.8. The lowest BCUT2D eigenvalue weighted by molar-refractivity contribution is -0.130. The zero-order chi connectivity index (χ0) is 24.4. The average molecular weight is 514 g/mol. The summed E-state index contributed by atoms with van der Waals surface area (Å²) in [6, 6.07) is 16.8. The molecule has 2 atom stereocenters. The van der Waals surface area contributed by atoms with E-state index < -0.39 is 5.41 Å². The van der Waals surface area contributed by atoms with Crippen molar-refractivity contribution in [2.75, 3.05) is 6.54 Å². The third-order valence-electron chi connectivity index (χ3n) is 8.23. The number of hydrogen-bond acceptors (Lipinski definition) is 3. The van der Waals surface area contributed by atoms with E-state index >= 15 is 0 Å². The van der Waals surface area contributed by atoms with Gasteiger partial charge in [0, 0.05) is 34.7 Å². The Morgan fingerprint density at radius 1 is 0.886 bits per heavy atom. The molecule has 2 saturated heterocycles. The number of halogens is 2. The minimum absolute atomic E-state index is 0.0223. The fourth-order valence-electron chi connectivity index (χ4n) is 6.45. The molecule has 2 amide bonds. The Bertz CT molecular complexity index is 1040. The molecule has 3 fully saturated rings. The predicted molar refractivity (Wildman–Crippen MR) is 140 cm³/mol. The second-order valence-electron chi connectivity index (χ2n) is 10.4. The number of hydrogen-bond donors (Lipinski definition) is 2. The Morgan fingerprint density at radius 2 is 1.46 bits per heavy atom. The van der Waals surface area contributed by atoms with Gasteiger partial charge in [0.1, 0.15) is 0 Å². The standard InChI is InChI=1S/C28H33Cl2N3O2/c29-21-7-3-19(4-8-21)18-33-24-11-12-25(33)16-23(15-24)32-26(34)17-31-27(35)28(13-1-2-14-28)20-5-9-22(30)10-6-20/h3-10,23-25H,1-2,11-18H2,(H,31,35)(H,32,34). The second-order valence-corrected chi connectivity index (χ2v) is 11.3. The molecular formula is C28H33Cl2N3O2. The van der Waals surface area contributed by atoms with Crippen LogP contribution in [0.15, 0.2) is 48.5 Å². The molecule has 1 aliphatic carbocycles. The Hall–Kier alpha value is -2.08. The summed E-state index contributed by atoms with van der Waals surface area (Å²) in [5.41, 5.74) is 1.71. The highest BCUT2D eigenvalue weighted by molar-refractivity contribution is 6.30. The zero-order valence-electron chi connectivity index (χ0n) is 19.9. The van der Waals surface area contributed by atoms with Crippen LogP contribution in [0.2, 0.25) is 10.0 Å². The van der Waals surface area contributed by atoms with Crippen molar-refractivity contribution in [1.82, 2.24) is 15.5 Å². The van der Waals surface area contributed by atoms with Crippen LogP contribution in [0, 0.1) is 0 Å². The second kappa shape index (κ2) is 10.5. The number of fused-ring (bicyclic) bond motifs is 2. The van der Waals surface area contributed by atoms with Gasteiger partial charge >= 0.3 is 0 Å². The maximum Gasteiger partial charge on any atom is 0.239 e. The van der Waals surface area contributed by atoms with Crippen molar-refractivity contribution in [1.29, 1.82) is 0 Å². The molecule has 3 aliphatic rings.